The summed E-state index contributed by atoms with van der Waals surface area (Å²) in [6, 6.07) is 2.55. The summed E-state index contributed by atoms with van der Waals surface area (Å²) in [7, 11) is 7.22. The van der Waals surface area contributed by atoms with Gasteiger partial charge < -0.3 is 5.73 Å². The molecule has 39 heavy (non-hydrogen) atoms. The summed E-state index contributed by atoms with van der Waals surface area (Å²) in [5.41, 5.74) is 9.94. The van der Waals surface area contributed by atoms with E-state index in [0.717, 1.165) is 29.7 Å². The molecule has 13 unspecified atom stereocenters. The van der Waals surface area contributed by atoms with Gasteiger partial charge in [-0.15, -0.1) is 0 Å². The molecule has 2 heterocycles. The maximum atomic E-state index is 7.22. The molecule has 218 valence electrons. The molecule has 2 nitrogen and oxygen atoms in total. The van der Waals surface area contributed by atoms with Gasteiger partial charge in [0.15, 0.2) is 0 Å². The molecule has 2 aliphatic heterocycles. The van der Waals surface area contributed by atoms with Crippen molar-refractivity contribution in [2.75, 3.05) is 0 Å². The molecule has 2 N–H and O–H groups in total. The van der Waals surface area contributed by atoms with E-state index in [1.54, 1.807) is 0 Å². The standard InChI is InChI=1S/C36H61BN2/c1-34(2,3)20-10-12-30(38)24(14-20)23-19-32-26(18-29(23)37)28-17-22(36(7,8)9)16-27-25-15-21(35(4,5)6)11-13-31(25)39(32)33(27)28/h17,20-27,29-33H,10-16,18-19,38H2,1-9H3. The second kappa shape index (κ2) is 9.62. The summed E-state index contributed by atoms with van der Waals surface area (Å²) in [5.74, 6) is 6.29. The zero-order valence-corrected chi connectivity index (χ0v) is 27.0. The lowest BCUT2D eigenvalue weighted by molar-refractivity contribution is 0.0251. The number of hydrogen-bond acceptors (Lipinski definition) is 2. The number of fused-ring (bicyclic) bond motifs is 6. The Labute approximate surface area is 243 Å². The predicted octanol–water partition coefficient (Wildman–Crippen LogP) is 8.27. The summed E-state index contributed by atoms with van der Waals surface area (Å²) in [6.07, 6.45) is 14.8. The van der Waals surface area contributed by atoms with Crippen LogP contribution in [0, 0.1) is 63.6 Å². The smallest absolute Gasteiger partial charge is 0.0703 e. The Bertz CT molecular complexity index is 949. The molecule has 5 fully saturated rings. The number of allylic oxidation sites excluding steroid dienone is 1. The highest BCUT2D eigenvalue weighted by atomic mass is 15.3. The molecule has 6 rings (SSSR count). The van der Waals surface area contributed by atoms with Crippen LogP contribution in [0.15, 0.2) is 11.6 Å². The molecule has 6 aliphatic rings. The van der Waals surface area contributed by atoms with Gasteiger partial charge in [0.25, 0.3) is 0 Å². The van der Waals surface area contributed by atoms with E-state index in [1.165, 1.54) is 57.8 Å². The molecule has 4 aliphatic carbocycles. The van der Waals surface area contributed by atoms with Gasteiger partial charge in [-0.1, -0.05) is 79.8 Å². The van der Waals surface area contributed by atoms with Crippen molar-refractivity contribution in [1.29, 1.82) is 0 Å². The number of rotatable bonds is 1. The zero-order chi connectivity index (χ0) is 28.2. The van der Waals surface area contributed by atoms with Crippen LogP contribution in [-0.2, 0) is 0 Å². The Morgan fingerprint density at radius 3 is 1.90 bits per heavy atom. The van der Waals surface area contributed by atoms with Crippen molar-refractivity contribution in [1.82, 2.24) is 4.90 Å². The minimum Gasteiger partial charge on any atom is -0.327 e. The zero-order valence-electron chi connectivity index (χ0n) is 27.0. The molecule has 0 spiro atoms. The lowest BCUT2D eigenvalue weighted by atomic mass is 9.53. The SMILES string of the molecule is [B]C1CC2C3=CC(C(C)(C)C)CC4C5CC(C(C)(C)C)CCC5N(C2CC1C1CC(C(C)(C)C)CCC1N)C34. The van der Waals surface area contributed by atoms with Gasteiger partial charge in [0.1, 0.15) is 0 Å². The normalized spacial score (nSPS) is 48.8. The van der Waals surface area contributed by atoms with Crippen molar-refractivity contribution in [2.45, 2.75) is 150 Å². The topological polar surface area (TPSA) is 29.3 Å². The van der Waals surface area contributed by atoms with Crippen LogP contribution in [0.2, 0.25) is 5.82 Å². The molecule has 13 atom stereocenters. The van der Waals surface area contributed by atoms with E-state index in [4.69, 9.17) is 13.6 Å². The molecule has 0 bridgehead atoms. The molecule has 0 amide bonds. The summed E-state index contributed by atoms with van der Waals surface area (Å²) < 4.78 is 0. The van der Waals surface area contributed by atoms with Crippen LogP contribution >= 0.6 is 0 Å². The molecule has 0 aromatic heterocycles. The summed E-state index contributed by atoms with van der Waals surface area (Å²) >= 11 is 0. The van der Waals surface area contributed by atoms with Crippen LogP contribution in [0.3, 0.4) is 0 Å². The second-order valence-electron chi connectivity index (χ2n) is 18.7. The predicted molar refractivity (Wildman–Crippen MR) is 167 cm³/mol. The minimum absolute atomic E-state index is 0.308. The minimum atomic E-state index is 0.308. The molecule has 0 aromatic carbocycles. The molecule has 0 aromatic rings. The molecular weight excluding hydrogens is 471 g/mol. The Morgan fingerprint density at radius 2 is 1.28 bits per heavy atom. The van der Waals surface area contributed by atoms with Crippen molar-refractivity contribution in [3.05, 3.63) is 11.6 Å². The average Bonchev–Trinajstić information content (AvgIpc) is 3.32. The third-order valence-electron chi connectivity index (χ3n) is 13.7. The Balaban J connectivity index is 1.33. The van der Waals surface area contributed by atoms with Gasteiger partial charge >= 0.3 is 0 Å². The van der Waals surface area contributed by atoms with Crippen molar-refractivity contribution >= 4 is 7.85 Å². The van der Waals surface area contributed by atoms with E-state index in [9.17, 15) is 0 Å². The number of nitrogens with zero attached hydrogens (tertiary/aromatic N) is 1. The lowest BCUT2D eigenvalue weighted by Crippen LogP contribution is -2.51. The molecule has 2 saturated heterocycles. The van der Waals surface area contributed by atoms with Crippen molar-refractivity contribution in [2.24, 2.45) is 69.3 Å². The third kappa shape index (κ3) is 4.84. The molecular formula is C36H61BN2. The Morgan fingerprint density at radius 1 is 0.667 bits per heavy atom. The van der Waals surface area contributed by atoms with Gasteiger partial charge in [0, 0.05) is 24.2 Å². The van der Waals surface area contributed by atoms with Crippen molar-refractivity contribution < 1.29 is 0 Å². The summed E-state index contributed by atoms with van der Waals surface area (Å²) in [6.45, 7) is 22.3. The summed E-state index contributed by atoms with van der Waals surface area (Å²) in [4.78, 5) is 3.16. The first kappa shape index (κ1) is 28.8. The molecule has 3 heteroatoms. The summed E-state index contributed by atoms with van der Waals surface area (Å²) in [5, 5.41) is 0. The van der Waals surface area contributed by atoms with Gasteiger partial charge in [-0.3, -0.25) is 4.90 Å². The maximum Gasteiger partial charge on any atom is 0.0703 e. The first-order chi connectivity index (χ1) is 18.1. The van der Waals surface area contributed by atoms with E-state index < -0.39 is 0 Å². The van der Waals surface area contributed by atoms with Crippen LogP contribution in [0.5, 0.6) is 0 Å². The van der Waals surface area contributed by atoms with Crippen LogP contribution in [0.25, 0.3) is 0 Å². The van der Waals surface area contributed by atoms with Gasteiger partial charge in [-0.2, -0.15) is 0 Å². The fourth-order valence-electron chi connectivity index (χ4n) is 11.2. The lowest BCUT2D eigenvalue weighted by Gasteiger charge is -2.51. The fraction of sp³-hybridized carbons (Fsp3) is 0.944. The average molecular weight is 533 g/mol. The third-order valence-corrected chi connectivity index (χ3v) is 13.7. The maximum absolute atomic E-state index is 7.22. The number of hydrogen-bond donors (Lipinski definition) is 1. The van der Waals surface area contributed by atoms with Crippen LogP contribution in [0.1, 0.15) is 120 Å². The Kier molecular flexibility index (Phi) is 7.11. The number of nitrogens with two attached hydrogens (primary N) is 1. The molecule has 2 radical (unpaired) electrons. The van der Waals surface area contributed by atoms with E-state index >= 15 is 0 Å². The van der Waals surface area contributed by atoms with E-state index in [2.05, 4.69) is 73.3 Å². The van der Waals surface area contributed by atoms with E-state index in [0.29, 0.717) is 63.9 Å². The monoisotopic (exact) mass is 532 g/mol. The second-order valence-corrected chi connectivity index (χ2v) is 18.7. The van der Waals surface area contributed by atoms with Crippen LogP contribution in [0.4, 0.5) is 0 Å². The first-order valence-electron chi connectivity index (χ1n) is 17.1. The van der Waals surface area contributed by atoms with Crippen LogP contribution in [-0.4, -0.2) is 36.9 Å². The first-order valence-corrected chi connectivity index (χ1v) is 17.1. The van der Waals surface area contributed by atoms with Gasteiger partial charge in [-0.25, -0.2) is 0 Å². The van der Waals surface area contributed by atoms with Crippen LogP contribution < -0.4 is 5.73 Å². The fourth-order valence-corrected chi connectivity index (χ4v) is 11.2. The highest BCUT2D eigenvalue weighted by Gasteiger charge is 2.63. The van der Waals surface area contributed by atoms with E-state index in [1.807, 2.05) is 5.57 Å². The van der Waals surface area contributed by atoms with Crippen molar-refractivity contribution in [3.8, 4) is 0 Å². The van der Waals surface area contributed by atoms with Gasteiger partial charge in [0.2, 0.25) is 0 Å². The largest absolute Gasteiger partial charge is 0.327 e. The van der Waals surface area contributed by atoms with Gasteiger partial charge in [-0.05, 0) is 121 Å². The van der Waals surface area contributed by atoms with Gasteiger partial charge in [0.05, 0.1) is 7.85 Å². The van der Waals surface area contributed by atoms with E-state index in [-0.39, 0.29) is 0 Å². The van der Waals surface area contributed by atoms with Crippen molar-refractivity contribution in [3.63, 3.8) is 0 Å². The quantitative estimate of drug-likeness (QED) is 0.272. The highest BCUT2D eigenvalue weighted by Crippen LogP contribution is 2.64. The Hall–Kier alpha value is -0.275. The molecule has 3 saturated carbocycles. The highest BCUT2D eigenvalue weighted by molar-refractivity contribution is 6.12.